The molecule has 0 spiro atoms. The number of amides is 1. The first-order chi connectivity index (χ1) is 6.38. The van der Waals surface area contributed by atoms with Crippen LogP contribution in [0, 0.1) is 5.92 Å². The molecule has 1 saturated heterocycles. The van der Waals surface area contributed by atoms with E-state index in [-0.39, 0.29) is 23.1 Å². The van der Waals surface area contributed by atoms with E-state index in [1.165, 1.54) is 0 Å². The molecule has 80 valence electrons. The number of ketones is 1. The molecule has 0 N–H and O–H groups in total. The first-order valence-corrected chi connectivity index (χ1v) is 5.22. The summed E-state index contributed by atoms with van der Waals surface area (Å²) in [5.74, 6) is -0.266. The van der Waals surface area contributed by atoms with Crippen molar-refractivity contribution in [2.45, 2.75) is 46.1 Å². The Labute approximate surface area is 85.5 Å². The van der Waals surface area contributed by atoms with Gasteiger partial charge in [-0.05, 0) is 27.2 Å². The predicted molar refractivity (Wildman–Crippen MR) is 54.9 cm³/mol. The summed E-state index contributed by atoms with van der Waals surface area (Å²) in [5.41, 5.74) is -0.162. The monoisotopic (exact) mass is 197 g/mol. The number of likely N-dealkylation sites (tertiary alicyclic amines) is 1. The summed E-state index contributed by atoms with van der Waals surface area (Å²) >= 11 is 0. The van der Waals surface area contributed by atoms with E-state index in [1.54, 1.807) is 0 Å². The predicted octanol–water partition coefficient (Wildman–Crippen LogP) is 1.61. The molecule has 0 aromatic carbocycles. The van der Waals surface area contributed by atoms with Crippen molar-refractivity contribution < 1.29 is 9.59 Å². The molecule has 1 aliphatic heterocycles. The van der Waals surface area contributed by atoms with Gasteiger partial charge in [0.1, 0.15) is 5.78 Å². The minimum Gasteiger partial charge on any atom is -0.337 e. The zero-order chi connectivity index (χ0) is 10.9. The maximum absolute atomic E-state index is 11.9. The fraction of sp³-hybridized carbons (Fsp3) is 0.818. The quantitative estimate of drug-likeness (QED) is 0.599. The van der Waals surface area contributed by atoms with Crippen LogP contribution in [0.5, 0.6) is 0 Å². The van der Waals surface area contributed by atoms with Gasteiger partial charge in [0.2, 0.25) is 5.91 Å². The van der Waals surface area contributed by atoms with E-state index < -0.39 is 0 Å². The van der Waals surface area contributed by atoms with Gasteiger partial charge in [-0.15, -0.1) is 0 Å². The van der Waals surface area contributed by atoms with Crippen LogP contribution >= 0.6 is 0 Å². The van der Waals surface area contributed by atoms with Crippen LogP contribution in [0.1, 0.15) is 40.5 Å². The van der Waals surface area contributed by atoms with Crippen molar-refractivity contribution >= 4 is 11.7 Å². The molecule has 1 heterocycles. The van der Waals surface area contributed by atoms with Gasteiger partial charge >= 0.3 is 0 Å². The number of carbonyl (C=O) groups is 2. The highest BCUT2D eigenvalue weighted by Gasteiger charge is 2.38. The molecular formula is C11H19NO2. The van der Waals surface area contributed by atoms with Gasteiger partial charge in [-0.1, -0.05) is 6.92 Å². The minimum absolute atomic E-state index is 0.0104. The van der Waals surface area contributed by atoms with Gasteiger partial charge in [0.05, 0.1) is 5.92 Å². The van der Waals surface area contributed by atoms with Crippen molar-refractivity contribution in [1.82, 2.24) is 4.90 Å². The lowest BCUT2D eigenvalue weighted by molar-refractivity contribution is -0.150. The van der Waals surface area contributed by atoms with E-state index >= 15 is 0 Å². The first-order valence-electron chi connectivity index (χ1n) is 5.22. The number of piperidine rings is 1. The van der Waals surface area contributed by atoms with Gasteiger partial charge in [-0.3, -0.25) is 9.59 Å². The third-order valence-electron chi connectivity index (χ3n) is 2.75. The van der Waals surface area contributed by atoms with E-state index in [2.05, 4.69) is 0 Å². The highest BCUT2D eigenvalue weighted by Crippen LogP contribution is 2.24. The van der Waals surface area contributed by atoms with E-state index in [4.69, 9.17) is 0 Å². The molecule has 0 bridgehead atoms. The molecule has 0 radical (unpaired) electrons. The lowest BCUT2D eigenvalue weighted by Gasteiger charge is -2.40. The maximum Gasteiger partial charge on any atom is 0.233 e. The van der Waals surface area contributed by atoms with Gasteiger partial charge < -0.3 is 4.90 Å². The summed E-state index contributed by atoms with van der Waals surface area (Å²) in [7, 11) is 0. The smallest absolute Gasteiger partial charge is 0.233 e. The van der Waals surface area contributed by atoms with Crippen molar-refractivity contribution in [2.24, 2.45) is 5.92 Å². The third kappa shape index (κ3) is 1.97. The Hall–Kier alpha value is -0.860. The van der Waals surface area contributed by atoms with E-state index in [1.807, 2.05) is 32.6 Å². The summed E-state index contributed by atoms with van der Waals surface area (Å²) in [6.07, 6.45) is 1.14. The van der Waals surface area contributed by atoms with Crippen molar-refractivity contribution in [1.29, 1.82) is 0 Å². The third-order valence-corrected chi connectivity index (χ3v) is 2.75. The summed E-state index contributed by atoms with van der Waals surface area (Å²) < 4.78 is 0. The van der Waals surface area contributed by atoms with Crippen LogP contribution < -0.4 is 0 Å². The number of carbonyl (C=O) groups excluding carboxylic acids is 2. The molecule has 1 amide bonds. The average molecular weight is 197 g/mol. The number of hydrogen-bond donors (Lipinski definition) is 0. The Balaban J connectivity index is 2.85. The Morgan fingerprint density at radius 3 is 2.36 bits per heavy atom. The van der Waals surface area contributed by atoms with Crippen LogP contribution in [-0.2, 0) is 9.59 Å². The zero-order valence-corrected chi connectivity index (χ0v) is 9.46. The highest BCUT2D eigenvalue weighted by atomic mass is 16.2. The minimum atomic E-state index is -0.386. The zero-order valence-electron chi connectivity index (χ0n) is 9.46. The van der Waals surface area contributed by atoms with Crippen molar-refractivity contribution in [2.75, 3.05) is 6.54 Å². The van der Waals surface area contributed by atoms with Crippen molar-refractivity contribution in [3.8, 4) is 0 Å². The van der Waals surface area contributed by atoms with Crippen LogP contribution in [0.2, 0.25) is 0 Å². The molecule has 1 fully saturated rings. The Kier molecular flexibility index (Phi) is 2.98. The molecular weight excluding hydrogens is 178 g/mol. The number of hydrogen-bond acceptors (Lipinski definition) is 2. The second kappa shape index (κ2) is 3.71. The van der Waals surface area contributed by atoms with Gasteiger partial charge in [0, 0.05) is 18.5 Å². The summed E-state index contributed by atoms with van der Waals surface area (Å²) in [6.45, 7) is 8.50. The summed E-state index contributed by atoms with van der Waals surface area (Å²) in [5, 5.41) is 0. The molecule has 3 heteroatoms. The fourth-order valence-corrected chi connectivity index (χ4v) is 1.90. The first kappa shape index (κ1) is 11.2. The average Bonchev–Trinajstić information content (AvgIpc) is 2.02. The van der Waals surface area contributed by atoms with E-state index in [9.17, 15) is 9.59 Å². The second-order valence-corrected chi connectivity index (χ2v) is 4.84. The van der Waals surface area contributed by atoms with Crippen LogP contribution in [0.15, 0.2) is 0 Å². The van der Waals surface area contributed by atoms with E-state index in [0.717, 1.165) is 0 Å². The van der Waals surface area contributed by atoms with Gasteiger partial charge in [-0.2, -0.15) is 0 Å². The number of nitrogens with zero attached hydrogens (tertiary/aromatic N) is 1. The second-order valence-electron chi connectivity index (χ2n) is 4.84. The normalized spacial score (nSPS) is 24.3. The van der Waals surface area contributed by atoms with Crippen LogP contribution in [0.25, 0.3) is 0 Å². The molecule has 0 aromatic rings. The Morgan fingerprint density at radius 2 is 1.93 bits per heavy atom. The largest absolute Gasteiger partial charge is 0.337 e. The van der Waals surface area contributed by atoms with Gasteiger partial charge in [0.15, 0.2) is 0 Å². The number of Topliss-reactive ketones (excluding diaryl/α,β-unsaturated/α-hetero) is 1. The fourth-order valence-electron chi connectivity index (χ4n) is 1.90. The van der Waals surface area contributed by atoms with Gasteiger partial charge in [-0.25, -0.2) is 0 Å². The molecule has 0 saturated carbocycles. The molecule has 1 atom stereocenters. The number of rotatable bonds is 1. The Bertz CT molecular complexity index is 253. The molecule has 14 heavy (non-hydrogen) atoms. The highest BCUT2D eigenvalue weighted by molar-refractivity contribution is 6.03. The van der Waals surface area contributed by atoms with Crippen LogP contribution in [-0.4, -0.2) is 28.7 Å². The van der Waals surface area contributed by atoms with Crippen LogP contribution in [0.3, 0.4) is 0 Å². The summed E-state index contributed by atoms with van der Waals surface area (Å²) in [6, 6.07) is 0. The van der Waals surface area contributed by atoms with Crippen molar-refractivity contribution in [3.63, 3.8) is 0 Å². The molecule has 1 rings (SSSR count). The molecule has 1 unspecified atom stereocenters. The lowest BCUT2D eigenvalue weighted by Crippen LogP contribution is -2.53. The van der Waals surface area contributed by atoms with Gasteiger partial charge in [0.25, 0.3) is 0 Å². The molecule has 3 nitrogen and oxygen atoms in total. The molecule has 0 aromatic heterocycles. The Morgan fingerprint density at radius 1 is 1.36 bits per heavy atom. The van der Waals surface area contributed by atoms with Crippen molar-refractivity contribution in [3.05, 3.63) is 0 Å². The lowest BCUT2D eigenvalue weighted by atomic mass is 9.90. The molecule has 0 aliphatic carbocycles. The van der Waals surface area contributed by atoms with E-state index in [0.29, 0.717) is 19.4 Å². The maximum atomic E-state index is 11.9. The summed E-state index contributed by atoms with van der Waals surface area (Å²) in [4.78, 5) is 25.2. The van der Waals surface area contributed by atoms with Crippen LogP contribution in [0.4, 0.5) is 0 Å². The SMILES string of the molecule is CCC1C(=O)CCN(C(C)(C)C)C1=O. The topological polar surface area (TPSA) is 37.4 Å². The molecule has 1 aliphatic rings. The standard InChI is InChI=1S/C11H19NO2/c1-5-8-9(13)6-7-12(10(8)14)11(2,3)4/h8H,5-7H2,1-4H3.